The fraction of sp³-hybridized carbons (Fsp3) is 0.462. The highest BCUT2D eigenvalue weighted by atomic mass is 16.6. The van der Waals surface area contributed by atoms with Crippen molar-refractivity contribution in [2.24, 2.45) is 7.05 Å². The number of nitrogens with zero attached hydrogens (tertiary/aromatic N) is 3. The first kappa shape index (κ1) is 14.1. The lowest BCUT2D eigenvalue weighted by atomic mass is 10.2. The largest absolute Gasteiger partial charge is 0.465 e. The second-order valence-corrected chi connectivity index (χ2v) is 4.64. The zero-order valence-electron chi connectivity index (χ0n) is 11.8. The quantitative estimate of drug-likeness (QED) is 0.648. The molecule has 0 spiro atoms. The first-order valence-corrected chi connectivity index (χ1v) is 6.52. The highest BCUT2D eigenvalue weighted by Gasteiger charge is 2.25. The van der Waals surface area contributed by atoms with E-state index in [2.05, 4.69) is 10.4 Å². The predicted octanol–water partition coefficient (Wildman–Crippen LogP) is 2.79. The van der Waals surface area contributed by atoms with Crippen molar-refractivity contribution in [2.75, 3.05) is 5.32 Å². The number of anilines is 1. The molecule has 0 aromatic carbocycles. The maximum Gasteiger partial charge on any atom is 0.334 e. The normalized spacial score (nSPS) is 10.8. The van der Waals surface area contributed by atoms with Crippen molar-refractivity contribution in [2.45, 2.75) is 33.2 Å². The molecule has 0 radical (unpaired) electrons. The summed E-state index contributed by atoms with van der Waals surface area (Å²) in [6.07, 6.45) is 1.40. The number of hydrogen-bond donors (Lipinski definition) is 1. The van der Waals surface area contributed by atoms with Crippen LogP contribution in [0.1, 0.15) is 30.6 Å². The molecule has 0 bridgehead atoms. The van der Waals surface area contributed by atoms with E-state index < -0.39 is 0 Å². The molecule has 20 heavy (non-hydrogen) atoms. The van der Waals surface area contributed by atoms with Crippen molar-refractivity contribution >= 4 is 11.5 Å². The minimum atomic E-state index is -0.381. The van der Waals surface area contributed by atoms with Crippen molar-refractivity contribution in [3.63, 3.8) is 0 Å². The molecule has 0 aliphatic rings. The highest BCUT2D eigenvalue weighted by Crippen LogP contribution is 2.29. The third kappa shape index (κ3) is 2.81. The van der Waals surface area contributed by atoms with Gasteiger partial charge < -0.3 is 9.73 Å². The van der Waals surface area contributed by atoms with E-state index in [-0.39, 0.29) is 10.6 Å². The van der Waals surface area contributed by atoms with E-state index >= 15 is 0 Å². The Hall–Kier alpha value is -2.31. The summed E-state index contributed by atoms with van der Waals surface area (Å²) < 4.78 is 6.95. The lowest BCUT2D eigenvalue weighted by Crippen LogP contribution is -2.05. The topological polar surface area (TPSA) is 86.1 Å². The number of aryl methyl sites for hydroxylation is 3. The van der Waals surface area contributed by atoms with Crippen molar-refractivity contribution in [1.82, 2.24) is 9.78 Å². The van der Waals surface area contributed by atoms with Crippen molar-refractivity contribution in [3.05, 3.63) is 39.5 Å². The van der Waals surface area contributed by atoms with E-state index in [0.717, 1.165) is 17.9 Å². The van der Waals surface area contributed by atoms with Gasteiger partial charge >= 0.3 is 5.69 Å². The van der Waals surface area contributed by atoms with Crippen LogP contribution in [-0.2, 0) is 20.0 Å². The molecule has 0 aliphatic carbocycles. The van der Waals surface area contributed by atoms with Crippen LogP contribution in [0.4, 0.5) is 11.5 Å². The summed E-state index contributed by atoms with van der Waals surface area (Å²) in [7, 11) is 1.70. The van der Waals surface area contributed by atoms with Crippen LogP contribution in [0.25, 0.3) is 0 Å². The molecular weight excluding hydrogens is 260 g/mol. The molecule has 7 nitrogen and oxygen atoms in total. The molecule has 0 amide bonds. The maximum atomic E-state index is 11.2. The van der Waals surface area contributed by atoms with Gasteiger partial charge in [0.2, 0.25) is 5.82 Å². The van der Waals surface area contributed by atoms with E-state index in [1.807, 2.05) is 26.0 Å². The fourth-order valence-electron chi connectivity index (χ4n) is 2.11. The van der Waals surface area contributed by atoms with Crippen molar-refractivity contribution < 1.29 is 9.34 Å². The van der Waals surface area contributed by atoms with Gasteiger partial charge in [-0.25, -0.2) is 4.68 Å². The number of nitrogens with one attached hydrogen (secondary N) is 1. The second-order valence-electron chi connectivity index (χ2n) is 4.64. The van der Waals surface area contributed by atoms with Gasteiger partial charge in [-0.1, -0.05) is 13.3 Å². The van der Waals surface area contributed by atoms with Crippen LogP contribution in [0.5, 0.6) is 0 Å². The molecule has 2 heterocycles. The molecule has 0 unspecified atom stereocenters. The average molecular weight is 278 g/mol. The molecule has 0 saturated heterocycles. The lowest BCUT2D eigenvalue weighted by Gasteiger charge is -2.03. The van der Waals surface area contributed by atoms with Gasteiger partial charge in [0.25, 0.3) is 0 Å². The van der Waals surface area contributed by atoms with E-state index in [1.165, 1.54) is 4.68 Å². The van der Waals surface area contributed by atoms with Gasteiger partial charge in [0.1, 0.15) is 17.2 Å². The van der Waals surface area contributed by atoms with Crippen molar-refractivity contribution in [3.8, 4) is 0 Å². The van der Waals surface area contributed by atoms with Gasteiger partial charge in [-0.15, -0.1) is 0 Å². The molecule has 0 fully saturated rings. The SMILES string of the molecule is CCCc1nn(C)c(NCc2ccc(C)o2)c1[N+](=O)[O-]. The van der Waals surface area contributed by atoms with Crippen LogP contribution in [-0.4, -0.2) is 14.7 Å². The summed E-state index contributed by atoms with van der Waals surface area (Å²) >= 11 is 0. The standard InChI is InChI=1S/C13H18N4O3/c1-4-5-11-12(17(18)19)13(16(3)15-11)14-8-10-7-6-9(2)20-10/h6-7,14H,4-5,8H2,1-3H3. The summed E-state index contributed by atoms with van der Waals surface area (Å²) in [6, 6.07) is 3.70. The molecule has 108 valence electrons. The molecular formula is C13H18N4O3. The third-order valence-corrected chi connectivity index (χ3v) is 2.99. The first-order valence-electron chi connectivity index (χ1n) is 6.52. The van der Waals surface area contributed by atoms with Crippen molar-refractivity contribution in [1.29, 1.82) is 0 Å². The second kappa shape index (κ2) is 5.77. The van der Waals surface area contributed by atoms with Gasteiger partial charge in [0.05, 0.1) is 11.5 Å². The predicted molar refractivity (Wildman–Crippen MR) is 74.6 cm³/mol. The molecule has 0 atom stereocenters. The highest BCUT2D eigenvalue weighted by molar-refractivity contribution is 5.59. The third-order valence-electron chi connectivity index (χ3n) is 2.99. The zero-order valence-corrected chi connectivity index (χ0v) is 11.8. The summed E-state index contributed by atoms with van der Waals surface area (Å²) in [4.78, 5) is 10.9. The van der Waals surface area contributed by atoms with E-state index in [9.17, 15) is 10.1 Å². The lowest BCUT2D eigenvalue weighted by molar-refractivity contribution is -0.384. The molecule has 7 heteroatoms. The molecule has 1 N–H and O–H groups in total. The zero-order chi connectivity index (χ0) is 14.7. The van der Waals surface area contributed by atoms with Crippen LogP contribution >= 0.6 is 0 Å². The minimum Gasteiger partial charge on any atom is -0.465 e. The van der Waals surface area contributed by atoms with Crippen LogP contribution in [0.2, 0.25) is 0 Å². The van der Waals surface area contributed by atoms with E-state index in [0.29, 0.717) is 24.5 Å². The minimum absolute atomic E-state index is 0.0534. The Kier molecular flexibility index (Phi) is 4.07. The number of rotatable bonds is 6. The van der Waals surface area contributed by atoms with Gasteiger partial charge in [0, 0.05) is 7.05 Å². The number of hydrogen-bond acceptors (Lipinski definition) is 5. The maximum absolute atomic E-state index is 11.2. The van der Waals surface area contributed by atoms with Gasteiger partial charge in [0.15, 0.2) is 0 Å². The average Bonchev–Trinajstić information content (AvgIpc) is 2.91. The molecule has 2 aromatic heterocycles. The Bertz CT molecular complexity index is 615. The van der Waals surface area contributed by atoms with Crippen LogP contribution < -0.4 is 5.32 Å². The smallest absolute Gasteiger partial charge is 0.334 e. The summed E-state index contributed by atoms with van der Waals surface area (Å²) in [6.45, 7) is 4.21. The summed E-state index contributed by atoms with van der Waals surface area (Å²) in [5.74, 6) is 1.95. The van der Waals surface area contributed by atoms with Crippen LogP contribution in [0.3, 0.4) is 0 Å². The molecule has 0 aliphatic heterocycles. The number of furan rings is 1. The van der Waals surface area contributed by atoms with E-state index in [4.69, 9.17) is 4.42 Å². The number of nitro groups is 1. The molecule has 2 rings (SSSR count). The van der Waals surface area contributed by atoms with Gasteiger partial charge in [-0.3, -0.25) is 10.1 Å². The summed E-state index contributed by atoms with van der Waals surface area (Å²) in [5.41, 5.74) is 0.566. The Morgan fingerprint density at radius 2 is 2.25 bits per heavy atom. The Labute approximate surface area is 116 Å². The Balaban J connectivity index is 2.23. The summed E-state index contributed by atoms with van der Waals surface area (Å²) in [5, 5.41) is 18.5. The fourth-order valence-corrected chi connectivity index (χ4v) is 2.11. The molecule has 0 saturated carbocycles. The Morgan fingerprint density at radius 1 is 1.50 bits per heavy atom. The van der Waals surface area contributed by atoms with Crippen LogP contribution in [0, 0.1) is 17.0 Å². The molecule has 2 aromatic rings. The van der Waals surface area contributed by atoms with E-state index in [1.54, 1.807) is 7.05 Å². The van der Waals surface area contributed by atoms with Gasteiger partial charge in [-0.2, -0.15) is 5.10 Å². The van der Waals surface area contributed by atoms with Gasteiger partial charge in [-0.05, 0) is 25.5 Å². The number of aromatic nitrogens is 2. The monoisotopic (exact) mass is 278 g/mol. The first-order chi connectivity index (χ1) is 9.52. The Morgan fingerprint density at radius 3 is 2.80 bits per heavy atom. The van der Waals surface area contributed by atoms with Crippen LogP contribution in [0.15, 0.2) is 16.5 Å².